The van der Waals surface area contributed by atoms with Gasteiger partial charge in [0.1, 0.15) is 28.6 Å². The van der Waals surface area contributed by atoms with Crippen LogP contribution in [0.1, 0.15) is 10.4 Å². The van der Waals surface area contributed by atoms with Gasteiger partial charge in [-0.25, -0.2) is 22.7 Å². The summed E-state index contributed by atoms with van der Waals surface area (Å²) in [7, 11) is -4.55. The Morgan fingerprint density at radius 1 is 0.939 bits per heavy atom. The van der Waals surface area contributed by atoms with E-state index in [0.717, 1.165) is 12.1 Å². The van der Waals surface area contributed by atoms with E-state index in [1.807, 2.05) is 22.6 Å². The van der Waals surface area contributed by atoms with Gasteiger partial charge in [0.2, 0.25) is 0 Å². The lowest BCUT2D eigenvalue weighted by molar-refractivity contribution is 0.0998. The molecule has 0 fully saturated rings. The van der Waals surface area contributed by atoms with Gasteiger partial charge in [0.15, 0.2) is 17.4 Å². The number of carbonyl (C=O) groups is 1. The van der Waals surface area contributed by atoms with Crippen LogP contribution in [-0.4, -0.2) is 14.3 Å². The van der Waals surface area contributed by atoms with Crippen LogP contribution in [0.15, 0.2) is 42.5 Å². The van der Waals surface area contributed by atoms with Crippen LogP contribution in [-0.2, 0) is 10.2 Å². The van der Waals surface area contributed by atoms with Crippen molar-refractivity contribution in [3.63, 3.8) is 0 Å². The van der Waals surface area contributed by atoms with E-state index in [1.165, 1.54) is 16.9 Å². The van der Waals surface area contributed by atoms with Gasteiger partial charge >= 0.3 is 0 Å². The van der Waals surface area contributed by atoms with Gasteiger partial charge in [-0.05, 0) is 59.0 Å². The molecule has 0 radical (unpaired) electrons. The summed E-state index contributed by atoms with van der Waals surface area (Å²) < 4.78 is 86.7. The van der Waals surface area contributed by atoms with Crippen molar-refractivity contribution in [3.05, 3.63) is 74.9 Å². The van der Waals surface area contributed by atoms with Crippen LogP contribution < -0.4 is 25.6 Å². The number of amides is 1. The molecule has 0 saturated carbocycles. The van der Waals surface area contributed by atoms with Crippen LogP contribution in [0, 0.1) is 26.8 Å². The number of ether oxygens (including phenoxy) is 1. The van der Waals surface area contributed by atoms with Gasteiger partial charge in [-0.1, -0.05) is 0 Å². The first-order chi connectivity index (χ1) is 15.4. The summed E-state index contributed by atoms with van der Waals surface area (Å²) >= 11 is 1.87. The standard InChI is InChI=1S/C19H13F4IN4O4S/c20-8-5-13(27-12-3-1-9(24)7-11(12)22)16(19(25)29)15(6-8)32-14-4-2-10(21)18(17(14)23)28-33(26,30)31/h1-7,27-28H,(H2,25,29)(H2,26,30,31). The minimum Gasteiger partial charge on any atom is -0.453 e. The fourth-order valence-electron chi connectivity index (χ4n) is 2.72. The summed E-state index contributed by atoms with van der Waals surface area (Å²) in [6.07, 6.45) is 0. The third-order valence-electron chi connectivity index (χ3n) is 4.03. The highest BCUT2D eigenvalue weighted by atomic mass is 127. The minimum absolute atomic E-state index is 0.123. The zero-order valence-electron chi connectivity index (χ0n) is 16.1. The van der Waals surface area contributed by atoms with E-state index in [4.69, 9.17) is 15.6 Å². The average Bonchev–Trinajstić information content (AvgIpc) is 2.68. The molecule has 3 aromatic carbocycles. The molecule has 14 heteroatoms. The lowest BCUT2D eigenvalue weighted by Gasteiger charge is -2.17. The first-order valence-corrected chi connectivity index (χ1v) is 11.3. The molecule has 0 aromatic heterocycles. The van der Waals surface area contributed by atoms with Gasteiger partial charge in [0.25, 0.3) is 16.1 Å². The second-order valence-corrected chi connectivity index (χ2v) is 8.96. The molecular weight excluding hydrogens is 583 g/mol. The number of hydrogen-bond acceptors (Lipinski definition) is 5. The molecule has 0 atom stereocenters. The SMILES string of the molecule is NC(=O)c1c(Nc2ccc(I)cc2F)cc(F)cc1Oc1ccc(F)c(NS(N)(=O)=O)c1F. The Kier molecular flexibility index (Phi) is 6.99. The van der Waals surface area contributed by atoms with Gasteiger partial charge in [0, 0.05) is 9.64 Å². The van der Waals surface area contributed by atoms with Crippen LogP contribution in [0.5, 0.6) is 11.5 Å². The quantitative estimate of drug-likeness (QED) is 0.241. The monoisotopic (exact) mass is 596 g/mol. The molecule has 0 heterocycles. The largest absolute Gasteiger partial charge is 0.453 e. The lowest BCUT2D eigenvalue weighted by Crippen LogP contribution is -2.23. The number of carbonyl (C=O) groups excluding carboxylic acids is 1. The molecule has 0 unspecified atom stereocenters. The Labute approximate surface area is 198 Å². The number of nitrogens with one attached hydrogen (secondary N) is 2. The number of primary amides is 1. The lowest BCUT2D eigenvalue weighted by atomic mass is 10.1. The maximum Gasteiger partial charge on any atom is 0.296 e. The smallest absolute Gasteiger partial charge is 0.296 e. The predicted octanol–water partition coefficient (Wildman–Crippen LogP) is 4.10. The second-order valence-electron chi connectivity index (χ2n) is 6.42. The molecule has 8 nitrogen and oxygen atoms in total. The number of halogens is 5. The Morgan fingerprint density at radius 3 is 2.24 bits per heavy atom. The molecule has 0 spiro atoms. The highest BCUT2D eigenvalue weighted by Crippen LogP contribution is 2.37. The molecule has 174 valence electrons. The van der Waals surface area contributed by atoms with Crippen molar-refractivity contribution >= 4 is 55.8 Å². The van der Waals surface area contributed by atoms with Crippen molar-refractivity contribution in [2.24, 2.45) is 10.9 Å². The van der Waals surface area contributed by atoms with E-state index in [9.17, 15) is 30.8 Å². The van der Waals surface area contributed by atoms with E-state index >= 15 is 0 Å². The van der Waals surface area contributed by atoms with Crippen LogP contribution in [0.3, 0.4) is 0 Å². The summed E-state index contributed by atoms with van der Waals surface area (Å²) in [5, 5.41) is 7.26. The molecular formula is C19H13F4IN4O4S. The van der Waals surface area contributed by atoms with Gasteiger partial charge in [0.05, 0.1) is 11.4 Å². The van der Waals surface area contributed by atoms with E-state index in [0.29, 0.717) is 15.7 Å². The Morgan fingerprint density at radius 2 is 1.64 bits per heavy atom. The van der Waals surface area contributed by atoms with Gasteiger partial charge < -0.3 is 15.8 Å². The highest BCUT2D eigenvalue weighted by Gasteiger charge is 2.23. The predicted molar refractivity (Wildman–Crippen MR) is 120 cm³/mol. The van der Waals surface area contributed by atoms with Crippen molar-refractivity contribution in [1.29, 1.82) is 0 Å². The number of nitrogens with two attached hydrogens (primary N) is 2. The first-order valence-electron chi connectivity index (χ1n) is 8.67. The fourth-order valence-corrected chi connectivity index (χ4v) is 3.64. The molecule has 6 N–H and O–H groups in total. The Hall–Kier alpha value is -3.11. The molecule has 33 heavy (non-hydrogen) atoms. The zero-order valence-corrected chi connectivity index (χ0v) is 19.1. The molecule has 3 rings (SSSR count). The van der Waals surface area contributed by atoms with Crippen LogP contribution in [0.4, 0.5) is 34.6 Å². The van der Waals surface area contributed by atoms with Crippen LogP contribution in [0.25, 0.3) is 0 Å². The number of benzene rings is 3. The van der Waals surface area contributed by atoms with Gasteiger partial charge in [-0.15, -0.1) is 0 Å². The maximum absolute atomic E-state index is 14.7. The van der Waals surface area contributed by atoms with Crippen molar-refractivity contribution in [2.45, 2.75) is 0 Å². The number of hydrogen-bond donors (Lipinski definition) is 4. The maximum atomic E-state index is 14.7. The van der Waals surface area contributed by atoms with Gasteiger partial charge in [-0.3, -0.25) is 9.52 Å². The van der Waals surface area contributed by atoms with E-state index < -0.39 is 62.1 Å². The molecule has 3 aromatic rings. The Bertz CT molecular complexity index is 1370. The van der Waals surface area contributed by atoms with Crippen LogP contribution in [0.2, 0.25) is 0 Å². The topological polar surface area (TPSA) is 137 Å². The summed E-state index contributed by atoms with van der Waals surface area (Å²) in [6, 6.07) is 6.98. The molecule has 0 aliphatic carbocycles. The van der Waals surface area contributed by atoms with E-state index in [1.54, 1.807) is 6.07 Å². The Balaban J connectivity index is 2.09. The average molecular weight is 596 g/mol. The van der Waals surface area contributed by atoms with Crippen molar-refractivity contribution in [1.82, 2.24) is 0 Å². The van der Waals surface area contributed by atoms with E-state index in [-0.39, 0.29) is 11.4 Å². The normalized spacial score (nSPS) is 11.2. The second kappa shape index (κ2) is 9.40. The minimum atomic E-state index is -4.55. The van der Waals surface area contributed by atoms with Crippen molar-refractivity contribution in [2.75, 3.05) is 10.0 Å². The first kappa shape index (κ1) is 24.5. The summed E-state index contributed by atoms with van der Waals surface area (Å²) in [6.45, 7) is 0. The molecule has 0 aliphatic rings. The molecule has 1 amide bonds. The van der Waals surface area contributed by atoms with E-state index in [2.05, 4.69) is 5.32 Å². The fraction of sp³-hybridized carbons (Fsp3) is 0. The number of rotatable bonds is 7. The summed E-state index contributed by atoms with van der Waals surface area (Å²) in [4.78, 5) is 12.1. The molecule has 0 saturated heterocycles. The summed E-state index contributed by atoms with van der Waals surface area (Å²) in [5.41, 5.74) is 3.30. The van der Waals surface area contributed by atoms with Gasteiger partial charge in [-0.2, -0.15) is 8.42 Å². The van der Waals surface area contributed by atoms with Crippen molar-refractivity contribution in [3.8, 4) is 11.5 Å². The molecule has 0 bridgehead atoms. The van der Waals surface area contributed by atoms with Crippen molar-refractivity contribution < 1.29 is 35.5 Å². The zero-order chi connectivity index (χ0) is 24.5. The summed E-state index contributed by atoms with van der Waals surface area (Å²) in [5.74, 6) is -7.10. The third kappa shape index (κ3) is 5.82. The number of anilines is 3. The highest BCUT2D eigenvalue weighted by molar-refractivity contribution is 14.1. The third-order valence-corrected chi connectivity index (χ3v) is 5.19. The van der Waals surface area contributed by atoms with Crippen LogP contribution >= 0.6 is 22.6 Å². The molecule has 0 aliphatic heterocycles.